The number of likely N-dealkylation sites (tertiary alicyclic amines) is 1. The van der Waals surface area contributed by atoms with E-state index < -0.39 is 0 Å². The van der Waals surface area contributed by atoms with Crippen LogP contribution < -0.4 is 5.32 Å². The molecule has 0 aromatic heterocycles. The molecule has 0 amide bonds. The van der Waals surface area contributed by atoms with E-state index in [1.165, 1.54) is 25.8 Å². The molecule has 2 nitrogen and oxygen atoms in total. The van der Waals surface area contributed by atoms with Crippen LogP contribution in [0.15, 0.2) is 12.7 Å². The van der Waals surface area contributed by atoms with Gasteiger partial charge in [0.2, 0.25) is 0 Å². The maximum Gasteiger partial charge on any atom is 0.0212 e. The molecule has 0 spiro atoms. The van der Waals surface area contributed by atoms with Crippen molar-refractivity contribution in [3.63, 3.8) is 0 Å². The van der Waals surface area contributed by atoms with E-state index in [-0.39, 0.29) is 0 Å². The first-order valence-corrected chi connectivity index (χ1v) is 6.33. The average molecular weight is 208 g/mol. The Kier molecular flexibility index (Phi) is 3.47. The molecule has 0 bridgehead atoms. The van der Waals surface area contributed by atoms with Crippen molar-refractivity contribution in [2.45, 2.75) is 63.7 Å². The summed E-state index contributed by atoms with van der Waals surface area (Å²) in [6, 6.07) is 2.99. The summed E-state index contributed by atoms with van der Waals surface area (Å²) in [6.07, 6.45) is 7.26. The second-order valence-corrected chi connectivity index (χ2v) is 5.30. The Hall–Kier alpha value is -0.340. The number of nitrogens with zero attached hydrogens (tertiary/aromatic N) is 1. The minimum atomic E-state index is 0.582. The summed E-state index contributed by atoms with van der Waals surface area (Å²) >= 11 is 0. The highest BCUT2D eigenvalue weighted by atomic mass is 15.3. The highest BCUT2D eigenvalue weighted by Gasteiger charge is 2.38. The van der Waals surface area contributed by atoms with Gasteiger partial charge in [-0.3, -0.25) is 4.90 Å². The maximum absolute atomic E-state index is 3.79. The predicted octanol–water partition coefficient (Wildman–Crippen LogP) is 2.17. The smallest absolute Gasteiger partial charge is 0.0212 e. The summed E-state index contributed by atoms with van der Waals surface area (Å²) in [5.41, 5.74) is 0. The van der Waals surface area contributed by atoms with E-state index in [1.807, 2.05) is 6.08 Å². The summed E-state index contributed by atoms with van der Waals surface area (Å²) in [5.74, 6) is 0. The van der Waals surface area contributed by atoms with Crippen molar-refractivity contribution in [2.24, 2.45) is 0 Å². The maximum atomic E-state index is 3.79. The van der Waals surface area contributed by atoms with E-state index in [0.717, 1.165) is 18.5 Å². The van der Waals surface area contributed by atoms with Crippen LogP contribution in [0.1, 0.15) is 39.5 Å². The minimum absolute atomic E-state index is 0.582. The predicted molar refractivity (Wildman–Crippen MR) is 65.0 cm³/mol. The van der Waals surface area contributed by atoms with Crippen LogP contribution >= 0.6 is 0 Å². The second kappa shape index (κ2) is 4.67. The first-order chi connectivity index (χ1) is 7.20. The largest absolute Gasteiger partial charge is 0.310 e. The van der Waals surface area contributed by atoms with Gasteiger partial charge in [-0.15, -0.1) is 6.58 Å². The van der Waals surface area contributed by atoms with Crippen LogP contribution in [0, 0.1) is 0 Å². The Bertz CT molecular complexity index is 223. The zero-order valence-electron chi connectivity index (χ0n) is 10.1. The van der Waals surface area contributed by atoms with E-state index in [1.54, 1.807) is 0 Å². The fourth-order valence-electron chi connectivity index (χ4n) is 2.81. The van der Waals surface area contributed by atoms with Gasteiger partial charge in [0.1, 0.15) is 0 Å². The zero-order valence-corrected chi connectivity index (χ0v) is 10.1. The lowest BCUT2D eigenvalue weighted by Crippen LogP contribution is -2.38. The Morgan fingerprint density at radius 3 is 2.87 bits per heavy atom. The molecule has 0 aromatic rings. The number of nitrogens with one attached hydrogen (secondary N) is 1. The lowest BCUT2D eigenvalue weighted by Gasteiger charge is -2.20. The number of rotatable bonds is 5. The first kappa shape index (κ1) is 11.2. The van der Waals surface area contributed by atoms with Gasteiger partial charge in [0.05, 0.1) is 0 Å². The molecule has 0 aromatic carbocycles. The van der Waals surface area contributed by atoms with Crippen LogP contribution in [-0.2, 0) is 0 Å². The third-order valence-corrected chi connectivity index (χ3v) is 3.68. The highest BCUT2D eigenvalue weighted by molar-refractivity contribution is 4.96. The molecule has 15 heavy (non-hydrogen) atoms. The molecule has 2 rings (SSSR count). The summed E-state index contributed by atoms with van der Waals surface area (Å²) in [6.45, 7) is 9.68. The van der Waals surface area contributed by atoms with Crippen LogP contribution in [0.25, 0.3) is 0 Å². The molecule has 1 aliphatic heterocycles. The topological polar surface area (TPSA) is 15.3 Å². The molecular formula is C13H24N2. The molecule has 2 aliphatic rings. The molecule has 0 radical (unpaired) electrons. The van der Waals surface area contributed by atoms with Crippen molar-refractivity contribution in [1.29, 1.82) is 0 Å². The monoisotopic (exact) mass is 208 g/mol. The lowest BCUT2D eigenvalue weighted by molar-refractivity contribution is 0.254. The van der Waals surface area contributed by atoms with Crippen molar-refractivity contribution in [3.05, 3.63) is 12.7 Å². The number of hydrogen-bond donors (Lipinski definition) is 1. The second-order valence-electron chi connectivity index (χ2n) is 5.30. The molecule has 1 aliphatic carbocycles. The van der Waals surface area contributed by atoms with Crippen molar-refractivity contribution in [3.8, 4) is 0 Å². The third-order valence-electron chi connectivity index (χ3n) is 3.68. The van der Waals surface area contributed by atoms with Gasteiger partial charge in [0, 0.05) is 30.7 Å². The van der Waals surface area contributed by atoms with Gasteiger partial charge in [0.25, 0.3) is 0 Å². The van der Waals surface area contributed by atoms with Gasteiger partial charge < -0.3 is 5.32 Å². The molecule has 1 saturated heterocycles. The van der Waals surface area contributed by atoms with Gasteiger partial charge in [-0.05, 0) is 39.5 Å². The SMILES string of the molecule is C=CCC(C)NC1CC(C)N(C2CC2)C1. The molecule has 1 saturated carbocycles. The highest BCUT2D eigenvalue weighted by Crippen LogP contribution is 2.33. The quantitative estimate of drug-likeness (QED) is 0.697. The van der Waals surface area contributed by atoms with E-state index in [0.29, 0.717) is 12.1 Å². The van der Waals surface area contributed by atoms with Gasteiger partial charge in [-0.2, -0.15) is 0 Å². The zero-order chi connectivity index (χ0) is 10.8. The fourth-order valence-corrected chi connectivity index (χ4v) is 2.81. The molecule has 3 atom stereocenters. The van der Waals surface area contributed by atoms with Crippen molar-refractivity contribution in [2.75, 3.05) is 6.54 Å². The van der Waals surface area contributed by atoms with Gasteiger partial charge in [-0.1, -0.05) is 6.08 Å². The third kappa shape index (κ3) is 2.82. The van der Waals surface area contributed by atoms with Crippen LogP contribution in [0.3, 0.4) is 0 Å². The van der Waals surface area contributed by atoms with Gasteiger partial charge >= 0.3 is 0 Å². The van der Waals surface area contributed by atoms with E-state index in [9.17, 15) is 0 Å². The Balaban J connectivity index is 1.77. The normalized spacial score (nSPS) is 34.3. The van der Waals surface area contributed by atoms with Crippen molar-refractivity contribution in [1.82, 2.24) is 10.2 Å². The lowest BCUT2D eigenvalue weighted by atomic mass is 10.1. The van der Waals surface area contributed by atoms with Crippen LogP contribution in [0.2, 0.25) is 0 Å². The summed E-state index contributed by atoms with van der Waals surface area (Å²) < 4.78 is 0. The Morgan fingerprint density at radius 1 is 1.53 bits per heavy atom. The summed E-state index contributed by atoms with van der Waals surface area (Å²) in [7, 11) is 0. The van der Waals surface area contributed by atoms with Crippen LogP contribution in [0.5, 0.6) is 0 Å². The van der Waals surface area contributed by atoms with Crippen molar-refractivity contribution < 1.29 is 0 Å². The molecule has 86 valence electrons. The van der Waals surface area contributed by atoms with Gasteiger partial charge in [0.15, 0.2) is 0 Å². The molecule has 3 unspecified atom stereocenters. The van der Waals surface area contributed by atoms with Crippen molar-refractivity contribution >= 4 is 0 Å². The van der Waals surface area contributed by atoms with E-state index >= 15 is 0 Å². The fraction of sp³-hybridized carbons (Fsp3) is 0.846. The first-order valence-electron chi connectivity index (χ1n) is 6.33. The Labute approximate surface area is 93.7 Å². The van der Waals surface area contributed by atoms with Crippen LogP contribution in [0.4, 0.5) is 0 Å². The molecule has 1 heterocycles. The molecular weight excluding hydrogens is 184 g/mol. The summed E-state index contributed by atoms with van der Waals surface area (Å²) in [4.78, 5) is 2.69. The molecule has 2 fully saturated rings. The van der Waals surface area contributed by atoms with Crippen LogP contribution in [-0.4, -0.2) is 35.6 Å². The average Bonchev–Trinajstić information content (AvgIpc) is 2.93. The minimum Gasteiger partial charge on any atom is -0.310 e. The van der Waals surface area contributed by atoms with E-state index in [2.05, 4.69) is 30.6 Å². The molecule has 1 N–H and O–H groups in total. The molecule has 2 heteroatoms. The van der Waals surface area contributed by atoms with E-state index in [4.69, 9.17) is 0 Å². The summed E-state index contributed by atoms with van der Waals surface area (Å²) in [5, 5.41) is 3.71. The van der Waals surface area contributed by atoms with Gasteiger partial charge in [-0.25, -0.2) is 0 Å². The number of hydrogen-bond acceptors (Lipinski definition) is 2. The standard InChI is InChI=1S/C13H24N2/c1-4-5-10(2)14-12-8-11(3)15(9-12)13-6-7-13/h4,10-14H,1,5-9H2,2-3H3. The Morgan fingerprint density at radius 2 is 2.27 bits per heavy atom.